The molecule has 0 spiro atoms. The smallest absolute Gasteiger partial charge is 0.325 e. The van der Waals surface area contributed by atoms with Gasteiger partial charge in [-0.25, -0.2) is 4.98 Å². The molecule has 3 rings (SSSR count). The van der Waals surface area contributed by atoms with E-state index in [4.69, 9.17) is 0 Å². The summed E-state index contributed by atoms with van der Waals surface area (Å²) in [5, 5.41) is 10.0. The molecular formula is C21H26N6O3. The maximum atomic E-state index is 12.5. The lowest BCUT2D eigenvalue weighted by Gasteiger charge is -2.19. The number of aromatic nitrogens is 4. The largest absolute Gasteiger partial charge is 0.468 e. The fourth-order valence-electron chi connectivity index (χ4n) is 2.84. The minimum absolute atomic E-state index is 0.101. The van der Waals surface area contributed by atoms with Gasteiger partial charge < -0.3 is 15.4 Å². The van der Waals surface area contributed by atoms with Crippen molar-refractivity contribution in [2.45, 2.75) is 39.7 Å². The molecule has 9 heteroatoms. The van der Waals surface area contributed by atoms with Crippen molar-refractivity contribution in [2.75, 3.05) is 19.0 Å². The van der Waals surface area contributed by atoms with Crippen LogP contribution in [0.3, 0.4) is 0 Å². The van der Waals surface area contributed by atoms with E-state index < -0.39 is 11.9 Å². The zero-order valence-corrected chi connectivity index (χ0v) is 17.8. The van der Waals surface area contributed by atoms with Crippen LogP contribution in [-0.2, 0) is 21.5 Å². The number of rotatable bonds is 6. The van der Waals surface area contributed by atoms with Gasteiger partial charge in [-0.05, 0) is 29.5 Å². The molecule has 0 aliphatic rings. The molecule has 1 aromatic carbocycles. The van der Waals surface area contributed by atoms with Crippen molar-refractivity contribution < 1.29 is 14.3 Å². The standard InChI is InChI=1S/C21H26N6O3/c1-13-10-16(18(29)22-12-17(28)30-5)27-20(24-13)25-19(26-27)23-11-14-6-8-15(9-7-14)21(2,3)4/h6-10H,11-12H2,1-5H3,(H,22,29)(H,23,26). The van der Waals surface area contributed by atoms with Gasteiger partial charge in [0.2, 0.25) is 5.95 Å². The lowest BCUT2D eigenvalue weighted by molar-refractivity contribution is -0.139. The molecule has 0 aliphatic carbocycles. The molecule has 2 N–H and O–H groups in total. The molecule has 0 fully saturated rings. The molecular weight excluding hydrogens is 384 g/mol. The van der Waals surface area contributed by atoms with Gasteiger partial charge in [0.1, 0.15) is 12.2 Å². The number of amides is 1. The predicted octanol–water partition coefficient (Wildman–Crippen LogP) is 2.25. The molecule has 9 nitrogen and oxygen atoms in total. The van der Waals surface area contributed by atoms with Crippen LogP contribution in [-0.4, -0.2) is 45.1 Å². The topological polar surface area (TPSA) is 111 Å². The Morgan fingerprint density at radius 1 is 1.13 bits per heavy atom. The first kappa shape index (κ1) is 21.2. The number of carbonyl (C=O) groups is 2. The van der Waals surface area contributed by atoms with Crippen molar-refractivity contribution in [1.82, 2.24) is 24.9 Å². The number of anilines is 1. The second kappa shape index (κ2) is 8.48. The monoisotopic (exact) mass is 410 g/mol. The molecule has 30 heavy (non-hydrogen) atoms. The highest BCUT2D eigenvalue weighted by Crippen LogP contribution is 2.22. The predicted molar refractivity (Wildman–Crippen MR) is 112 cm³/mol. The summed E-state index contributed by atoms with van der Waals surface area (Å²) in [6.45, 7) is 8.58. The molecule has 0 radical (unpaired) electrons. The minimum atomic E-state index is -0.538. The normalized spacial score (nSPS) is 11.4. The maximum absolute atomic E-state index is 12.5. The number of fused-ring (bicyclic) bond motifs is 1. The summed E-state index contributed by atoms with van der Waals surface area (Å²) in [6.07, 6.45) is 0. The zero-order valence-electron chi connectivity index (χ0n) is 17.8. The number of ether oxygens (including phenoxy) is 1. The molecule has 158 valence electrons. The van der Waals surface area contributed by atoms with Crippen LogP contribution in [0.1, 0.15) is 48.1 Å². The van der Waals surface area contributed by atoms with E-state index >= 15 is 0 Å². The number of nitrogens with one attached hydrogen (secondary N) is 2. The Morgan fingerprint density at radius 3 is 2.47 bits per heavy atom. The number of carbonyl (C=O) groups excluding carboxylic acids is 2. The Hall–Kier alpha value is -3.49. The number of benzene rings is 1. The minimum Gasteiger partial charge on any atom is -0.468 e. The summed E-state index contributed by atoms with van der Waals surface area (Å²) >= 11 is 0. The summed E-state index contributed by atoms with van der Waals surface area (Å²) in [6, 6.07) is 9.95. The first-order valence-corrected chi connectivity index (χ1v) is 9.60. The fourth-order valence-corrected chi connectivity index (χ4v) is 2.84. The highest BCUT2D eigenvalue weighted by atomic mass is 16.5. The molecule has 0 saturated heterocycles. The van der Waals surface area contributed by atoms with Crippen LogP contribution in [0, 0.1) is 6.92 Å². The van der Waals surface area contributed by atoms with Crippen LogP contribution >= 0.6 is 0 Å². The van der Waals surface area contributed by atoms with Crippen molar-refractivity contribution in [1.29, 1.82) is 0 Å². The van der Waals surface area contributed by atoms with Crippen molar-refractivity contribution in [3.63, 3.8) is 0 Å². The Kier molecular flexibility index (Phi) is 6.00. The second-order valence-corrected chi connectivity index (χ2v) is 7.99. The molecule has 0 unspecified atom stereocenters. The third-order valence-corrected chi connectivity index (χ3v) is 4.56. The average Bonchev–Trinajstić information content (AvgIpc) is 3.11. The number of nitrogens with zero attached hydrogens (tertiary/aromatic N) is 4. The van der Waals surface area contributed by atoms with Crippen molar-refractivity contribution in [2.24, 2.45) is 0 Å². The molecule has 1 amide bonds. The Labute approximate surface area is 174 Å². The van der Waals surface area contributed by atoms with E-state index in [0.717, 1.165) is 5.56 Å². The van der Waals surface area contributed by atoms with Gasteiger partial charge in [0.15, 0.2) is 0 Å². The van der Waals surface area contributed by atoms with Gasteiger partial charge in [-0.1, -0.05) is 45.0 Å². The van der Waals surface area contributed by atoms with Gasteiger partial charge in [0.05, 0.1) is 7.11 Å². The van der Waals surface area contributed by atoms with Crippen molar-refractivity contribution in [3.8, 4) is 0 Å². The summed E-state index contributed by atoms with van der Waals surface area (Å²) < 4.78 is 5.89. The zero-order chi connectivity index (χ0) is 21.9. The summed E-state index contributed by atoms with van der Waals surface area (Å²) in [7, 11) is 1.26. The molecule has 0 aliphatic heterocycles. The Bertz CT molecular complexity index is 1070. The van der Waals surface area contributed by atoms with Gasteiger partial charge in [-0.3, -0.25) is 9.59 Å². The molecule has 0 bridgehead atoms. The molecule has 3 aromatic rings. The second-order valence-electron chi connectivity index (χ2n) is 7.99. The quantitative estimate of drug-likeness (QED) is 0.600. The van der Waals surface area contributed by atoms with E-state index in [-0.39, 0.29) is 17.7 Å². The van der Waals surface area contributed by atoms with Gasteiger partial charge >= 0.3 is 5.97 Å². The van der Waals surface area contributed by atoms with Crippen LogP contribution in [0.15, 0.2) is 30.3 Å². The lowest BCUT2D eigenvalue weighted by Crippen LogP contribution is -2.31. The molecule has 0 atom stereocenters. The third kappa shape index (κ3) is 4.91. The summed E-state index contributed by atoms with van der Waals surface area (Å²) in [4.78, 5) is 32.4. The summed E-state index contributed by atoms with van der Waals surface area (Å²) in [5.41, 5.74) is 3.30. The average molecular weight is 410 g/mol. The fraction of sp³-hybridized carbons (Fsp3) is 0.381. The number of hydrogen-bond acceptors (Lipinski definition) is 7. The van der Waals surface area contributed by atoms with Crippen LogP contribution < -0.4 is 10.6 Å². The van der Waals surface area contributed by atoms with Gasteiger partial charge in [0, 0.05) is 12.2 Å². The van der Waals surface area contributed by atoms with Crippen LogP contribution in [0.2, 0.25) is 0 Å². The highest BCUT2D eigenvalue weighted by Gasteiger charge is 2.17. The van der Waals surface area contributed by atoms with E-state index in [9.17, 15) is 9.59 Å². The highest BCUT2D eigenvalue weighted by molar-refractivity contribution is 5.94. The Morgan fingerprint density at radius 2 is 1.83 bits per heavy atom. The van der Waals surface area contributed by atoms with E-state index in [2.05, 4.69) is 75.5 Å². The van der Waals surface area contributed by atoms with E-state index in [1.807, 2.05) is 0 Å². The maximum Gasteiger partial charge on any atom is 0.325 e. The van der Waals surface area contributed by atoms with Crippen LogP contribution in [0.5, 0.6) is 0 Å². The van der Waals surface area contributed by atoms with Crippen molar-refractivity contribution >= 4 is 23.6 Å². The van der Waals surface area contributed by atoms with Gasteiger partial charge in [-0.15, -0.1) is 5.10 Å². The number of aryl methyl sites for hydroxylation is 1. The van der Waals surface area contributed by atoms with Gasteiger partial charge in [-0.2, -0.15) is 9.50 Å². The molecule has 2 heterocycles. The number of esters is 1. The lowest BCUT2D eigenvalue weighted by atomic mass is 9.87. The number of methoxy groups -OCH3 is 1. The van der Waals surface area contributed by atoms with Crippen molar-refractivity contribution in [3.05, 3.63) is 52.8 Å². The molecule has 2 aromatic heterocycles. The van der Waals surface area contributed by atoms with Gasteiger partial charge in [0.25, 0.3) is 11.7 Å². The SMILES string of the molecule is COC(=O)CNC(=O)c1cc(C)nc2nc(NCc3ccc(C(C)(C)C)cc3)nn12. The summed E-state index contributed by atoms with van der Waals surface area (Å²) in [5.74, 6) is -0.354. The first-order valence-electron chi connectivity index (χ1n) is 9.60. The third-order valence-electron chi connectivity index (χ3n) is 4.56. The van der Waals surface area contributed by atoms with E-state index in [1.165, 1.54) is 17.2 Å². The number of hydrogen-bond donors (Lipinski definition) is 2. The molecule has 0 saturated carbocycles. The van der Waals surface area contributed by atoms with E-state index in [1.54, 1.807) is 13.0 Å². The first-order chi connectivity index (χ1) is 14.2. The van der Waals surface area contributed by atoms with E-state index in [0.29, 0.717) is 24.0 Å². The van der Waals surface area contributed by atoms with Crippen LogP contribution in [0.25, 0.3) is 5.78 Å². The Balaban J connectivity index is 1.76. The van der Waals surface area contributed by atoms with Crippen LogP contribution in [0.4, 0.5) is 5.95 Å².